The molecule has 0 aliphatic heterocycles. The zero-order chi connectivity index (χ0) is 8.04. The highest BCUT2D eigenvalue weighted by Crippen LogP contribution is 2.07. The highest BCUT2D eigenvalue weighted by Gasteiger charge is 2.07. The molecule has 0 saturated carbocycles. The third-order valence-corrected chi connectivity index (χ3v) is 1.16. The summed E-state index contributed by atoms with van der Waals surface area (Å²) in [5.74, 6) is 0. The molecular weight excluding hydrogens is 124 g/mol. The maximum absolute atomic E-state index is 9.26. The fourth-order valence-corrected chi connectivity index (χ4v) is 0.604. The summed E-state index contributed by atoms with van der Waals surface area (Å²) in [6, 6.07) is 0. The smallest absolute Gasteiger partial charge is 0.0626 e. The van der Waals surface area contributed by atoms with Crippen molar-refractivity contribution >= 4 is 0 Å². The van der Waals surface area contributed by atoms with Gasteiger partial charge >= 0.3 is 0 Å². The Hall–Kier alpha value is -0.300. The first-order valence-corrected chi connectivity index (χ1v) is 3.71. The summed E-state index contributed by atoms with van der Waals surface area (Å²) >= 11 is 0. The summed E-state index contributed by atoms with van der Waals surface area (Å²) in [6.45, 7) is 5.65. The van der Waals surface area contributed by atoms with Crippen molar-refractivity contribution in [2.45, 2.75) is 39.2 Å². The lowest BCUT2D eigenvalue weighted by Gasteiger charge is -2.13. The van der Waals surface area contributed by atoms with E-state index in [9.17, 15) is 5.11 Å². The van der Waals surface area contributed by atoms with E-state index in [1.54, 1.807) is 0 Å². The van der Waals surface area contributed by atoms with Crippen LogP contribution in [0.2, 0.25) is 0 Å². The molecule has 0 aromatic rings. The van der Waals surface area contributed by atoms with Gasteiger partial charge in [-0.15, -0.1) is 0 Å². The molecule has 0 aliphatic carbocycles. The standard InChI is InChI=1S/C9H17O/c1-4-5-6-7-8-9(2,3)10/h4,6-7,10H,5,8H2,1-3H3/b7-6+. The van der Waals surface area contributed by atoms with Crippen LogP contribution in [-0.4, -0.2) is 10.7 Å². The molecule has 0 unspecified atom stereocenters. The highest BCUT2D eigenvalue weighted by atomic mass is 16.3. The van der Waals surface area contributed by atoms with Gasteiger partial charge in [0.25, 0.3) is 0 Å². The molecule has 1 N–H and O–H groups in total. The molecule has 0 atom stereocenters. The minimum atomic E-state index is -0.551. The van der Waals surface area contributed by atoms with E-state index in [0.717, 1.165) is 12.8 Å². The summed E-state index contributed by atoms with van der Waals surface area (Å²) in [5.41, 5.74) is -0.551. The van der Waals surface area contributed by atoms with Gasteiger partial charge in [0.2, 0.25) is 0 Å². The second-order valence-electron chi connectivity index (χ2n) is 3.13. The topological polar surface area (TPSA) is 20.2 Å². The number of hydrogen-bond donors (Lipinski definition) is 1. The lowest BCUT2D eigenvalue weighted by molar-refractivity contribution is 0.0838. The van der Waals surface area contributed by atoms with Gasteiger partial charge in [-0.1, -0.05) is 19.1 Å². The molecule has 0 aliphatic rings. The molecule has 0 aromatic heterocycles. The van der Waals surface area contributed by atoms with E-state index >= 15 is 0 Å². The second-order valence-corrected chi connectivity index (χ2v) is 3.13. The number of aliphatic hydroxyl groups is 1. The van der Waals surface area contributed by atoms with Gasteiger partial charge in [-0.3, -0.25) is 0 Å². The lowest BCUT2D eigenvalue weighted by Crippen LogP contribution is -2.16. The SMILES string of the molecule is C[CH]C/C=C/CC(C)(C)O. The largest absolute Gasteiger partial charge is 0.390 e. The van der Waals surface area contributed by atoms with Crippen LogP contribution in [0.3, 0.4) is 0 Å². The predicted octanol–water partition coefficient (Wildman–Crippen LogP) is 2.32. The minimum absolute atomic E-state index is 0.551. The van der Waals surface area contributed by atoms with Crippen LogP contribution < -0.4 is 0 Å². The van der Waals surface area contributed by atoms with Crippen molar-refractivity contribution in [1.82, 2.24) is 0 Å². The van der Waals surface area contributed by atoms with Gasteiger partial charge in [0.05, 0.1) is 5.60 Å². The molecule has 10 heavy (non-hydrogen) atoms. The Bertz CT molecular complexity index is 97.8. The van der Waals surface area contributed by atoms with Crippen LogP contribution in [0.15, 0.2) is 12.2 Å². The molecule has 0 heterocycles. The maximum Gasteiger partial charge on any atom is 0.0626 e. The monoisotopic (exact) mass is 141 g/mol. The van der Waals surface area contributed by atoms with Gasteiger partial charge in [-0.05, 0) is 33.1 Å². The Morgan fingerprint density at radius 1 is 1.30 bits per heavy atom. The van der Waals surface area contributed by atoms with Crippen LogP contribution in [0, 0.1) is 6.42 Å². The Balaban J connectivity index is 3.34. The van der Waals surface area contributed by atoms with E-state index in [4.69, 9.17) is 0 Å². The molecule has 0 rings (SSSR count). The number of allylic oxidation sites excluding steroid dienone is 1. The summed E-state index contributed by atoms with van der Waals surface area (Å²) in [7, 11) is 0. The molecule has 0 bridgehead atoms. The molecule has 0 spiro atoms. The quantitative estimate of drug-likeness (QED) is 0.596. The fraction of sp³-hybridized carbons (Fsp3) is 0.667. The van der Waals surface area contributed by atoms with Crippen LogP contribution in [0.5, 0.6) is 0 Å². The van der Waals surface area contributed by atoms with E-state index in [1.165, 1.54) is 0 Å². The van der Waals surface area contributed by atoms with Gasteiger partial charge < -0.3 is 5.11 Å². The first kappa shape index (κ1) is 9.70. The van der Waals surface area contributed by atoms with Crippen LogP contribution in [0.4, 0.5) is 0 Å². The Morgan fingerprint density at radius 3 is 2.30 bits per heavy atom. The van der Waals surface area contributed by atoms with Gasteiger partial charge in [0, 0.05) is 0 Å². The molecule has 0 fully saturated rings. The van der Waals surface area contributed by atoms with Crippen molar-refractivity contribution in [2.24, 2.45) is 0 Å². The highest BCUT2D eigenvalue weighted by molar-refractivity contribution is 4.89. The number of rotatable bonds is 4. The molecule has 0 amide bonds. The van der Waals surface area contributed by atoms with Crippen LogP contribution in [0.25, 0.3) is 0 Å². The Labute approximate surface area is 63.8 Å². The van der Waals surface area contributed by atoms with Crippen molar-refractivity contribution < 1.29 is 5.11 Å². The zero-order valence-electron chi connectivity index (χ0n) is 7.09. The van der Waals surface area contributed by atoms with Crippen LogP contribution >= 0.6 is 0 Å². The molecule has 1 nitrogen and oxygen atoms in total. The van der Waals surface area contributed by atoms with E-state index < -0.39 is 5.60 Å². The fourth-order valence-electron chi connectivity index (χ4n) is 0.604. The maximum atomic E-state index is 9.26. The predicted molar refractivity (Wildman–Crippen MR) is 44.6 cm³/mol. The first-order chi connectivity index (χ1) is 4.56. The average Bonchev–Trinajstić information content (AvgIpc) is 1.78. The third-order valence-electron chi connectivity index (χ3n) is 1.16. The van der Waals surface area contributed by atoms with Gasteiger partial charge in [0.1, 0.15) is 0 Å². The first-order valence-electron chi connectivity index (χ1n) is 3.71. The average molecular weight is 141 g/mol. The van der Waals surface area contributed by atoms with Crippen molar-refractivity contribution in [3.05, 3.63) is 18.6 Å². The van der Waals surface area contributed by atoms with Gasteiger partial charge in [-0.25, -0.2) is 0 Å². The molecule has 0 aromatic carbocycles. The van der Waals surface area contributed by atoms with Gasteiger partial charge in [-0.2, -0.15) is 0 Å². The second kappa shape index (κ2) is 4.51. The van der Waals surface area contributed by atoms with E-state index in [0.29, 0.717) is 0 Å². The third kappa shape index (κ3) is 7.70. The molecule has 1 radical (unpaired) electrons. The normalized spacial score (nSPS) is 12.8. The van der Waals surface area contributed by atoms with E-state index in [-0.39, 0.29) is 0 Å². The summed E-state index contributed by atoms with van der Waals surface area (Å²) in [6.07, 6.45) is 7.90. The summed E-state index contributed by atoms with van der Waals surface area (Å²) in [4.78, 5) is 0. The van der Waals surface area contributed by atoms with Crippen LogP contribution in [0.1, 0.15) is 33.6 Å². The molecule has 59 valence electrons. The van der Waals surface area contributed by atoms with Crippen LogP contribution in [-0.2, 0) is 0 Å². The number of unbranched alkanes of at least 4 members (excludes halogenated alkanes) is 1. The minimum Gasteiger partial charge on any atom is -0.390 e. The van der Waals surface area contributed by atoms with E-state index in [2.05, 4.69) is 12.5 Å². The summed E-state index contributed by atoms with van der Waals surface area (Å²) < 4.78 is 0. The van der Waals surface area contributed by atoms with Crippen molar-refractivity contribution in [2.75, 3.05) is 0 Å². The molecule has 1 heteroatoms. The Kier molecular flexibility index (Phi) is 4.37. The van der Waals surface area contributed by atoms with Crippen molar-refractivity contribution in [3.8, 4) is 0 Å². The van der Waals surface area contributed by atoms with Crippen molar-refractivity contribution in [3.63, 3.8) is 0 Å². The zero-order valence-corrected chi connectivity index (χ0v) is 7.09. The van der Waals surface area contributed by atoms with Gasteiger partial charge in [0.15, 0.2) is 0 Å². The molecule has 0 saturated heterocycles. The molecular formula is C9H17O. The Morgan fingerprint density at radius 2 is 1.90 bits per heavy atom. The van der Waals surface area contributed by atoms with E-state index in [1.807, 2.05) is 26.8 Å². The number of hydrogen-bond acceptors (Lipinski definition) is 1. The summed E-state index contributed by atoms with van der Waals surface area (Å²) in [5, 5.41) is 9.26. The van der Waals surface area contributed by atoms with Crippen molar-refractivity contribution in [1.29, 1.82) is 0 Å². The lowest BCUT2D eigenvalue weighted by atomic mass is 10.1.